The summed E-state index contributed by atoms with van der Waals surface area (Å²) in [5, 5.41) is 1.57. The summed E-state index contributed by atoms with van der Waals surface area (Å²) in [6.45, 7) is 3.94. The van der Waals surface area contributed by atoms with Crippen LogP contribution in [0, 0.1) is 0 Å². The number of nitrogens with zero attached hydrogens (tertiary/aromatic N) is 2. The molecule has 21 heavy (non-hydrogen) atoms. The summed E-state index contributed by atoms with van der Waals surface area (Å²) in [7, 11) is 0. The smallest absolute Gasteiger partial charge is 0.164 e. The lowest BCUT2D eigenvalue weighted by molar-refractivity contribution is 0.245. The summed E-state index contributed by atoms with van der Waals surface area (Å²) in [6.07, 6.45) is 5.36. The van der Waals surface area contributed by atoms with Crippen molar-refractivity contribution in [3.8, 4) is 16.9 Å². The Morgan fingerprint density at radius 1 is 1.14 bits per heavy atom. The lowest BCUT2D eigenvalue weighted by Gasteiger charge is -2.15. The Balaban J connectivity index is 2.29. The highest BCUT2D eigenvalue weighted by Crippen LogP contribution is 2.39. The van der Waals surface area contributed by atoms with Crippen LogP contribution in [0.4, 0.5) is 0 Å². The van der Waals surface area contributed by atoms with Crippen LogP contribution >= 0.6 is 11.6 Å². The van der Waals surface area contributed by atoms with E-state index in [9.17, 15) is 0 Å². The number of fused-ring (bicyclic) bond motifs is 1. The number of pyridine rings is 2. The highest BCUT2D eigenvalue weighted by atomic mass is 35.5. The van der Waals surface area contributed by atoms with Gasteiger partial charge in [0.2, 0.25) is 0 Å². The maximum Gasteiger partial charge on any atom is 0.164 e. The van der Waals surface area contributed by atoms with Gasteiger partial charge in [-0.05, 0) is 37.6 Å². The molecule has 3 rings (SSSR count). The molecule has 0 radical (unpaired) electrons. The minimum absolute atomic E-state index is 0.0388. The molecule has 0 saturated heterocycles. The lowest BCUT2D eigenvalue weighted by Crippen LogP contribution is -2.07. The first-order valence-electron chi connectivity index (χ1n) is 6.81. The number of hydrogen-bond acceptors (Lipinski definition) is 3. The normalized spacial score (nSPS) is 11.0. The minimum Gasteiger partial charge on any atom is -0.487 e. The standard InChI is InChI=1S/C17H15ClN2O/c1-11(2)21-17-15(18)9-14(12-5-3-7-19-10-12)13-6-4-8-20-16(13)17/h3-11H,1-2H3. The fourth-order valence-electron chi connectivity index (χ4n) is 2.30. The molecule has 106 valence electrons. The van der Waals surface area contributed by atoms with Gasteiger partial charge in [0.25, 0.3) is 0 Å². The van der Waals surface area contributed by atoms with Crippen LogP contribution in [-0.4, -0.2) is 16.1 Å². The van der Waals surface area contributed by atoms with Crippen LogP contribution in [-0.2, 0) is 0 Å². The van der Waals surface area contributed by atoms with Gasteiger partial charge in [-0.25, -0.2) is 0 Å². The van der Waals surface area contributed by atoms with Crippen molar-refractivity contribution in [3.63, 3.8) is 0 Å². The second-order valence-corrected chi connectivity index (χ2v) is 5.45. The molecule has 0 atom stereocenters. The van der Waals surface area contributed by atoms with Gasteiger partial charge in [0.1, 0.15) is 5.52 Å². The zero-order chi connectivity index (χ0) is 14.8. The van der Waals surface area contributed by atoms with E-state index in [1.165, 1.54) is 0 Å². The fourth-order valence-corrected chi connectivity index (χ4v) is 2.54. The van der Waals surface area contributed by atoms with Crippen LogP contribution in [0.5, 0.6) is 5.75 Å². The molecule has 4 heteroatoms. The molecular formula is C17H15ClN2O. The molecule has 0 aliphatic heterocycles. The van der Waals surface area contributed by atoms with Crippen LogP contribution in [0.25, 0.3) is 22.0 Å². The molecule has 0 aliphatic carbocycles. The van der Waals surface area contributed by atoms with E-state index in [0.717, 1.165) is 22.0 Å². The van der Waals surface area contributed by atoms with Crippen molar-refractivity contribution in [2.45, 2.75) is 20.0 Å². The van der Waals surface area contributed by atoms with Crippen molar-refractivity contribution >= 4 is 22.5 Å². The third-order valence-electron chi connectivity index (χ3n) is 3.13. The van der Waals surface area contributed by atoms with Crippen LogP contribution in [0.1, 0.15) is 13.8 Å². The van der Waals surface area contributed by atoms with Crippen molar-refractivity contribution in [1.29, 1.82) is 0 Å². The van der Waals surface area contributed by atoms with Gasteiger partial charge in [0.15, 0.2) is 5.75 Å². The van der Waals surface area contributed by atoms with Gasteiger partial charge < -0.3 is 4.74 Å². The molecule has 0 amide bonds. The minimum atomic E-state index is 0.0388. The maximum atomic E-state index is 6.42. The molecule has 2 heterocycles. The van der Waals surface area contributed by atoms with Crippen molar-refractivity contribution in [3.05, 3.63) is 53.9 Å². The van der Waals surface area contributed by atoms with E-state index < -0.39 is 0 Å². The van der Waals surface area contributed by atoms with Gasteiger partial charge in [-0.2, -0.15) is 0 Å². The number of rotatable bonds is 3. The number of benzene rings is 1. The number of ether oxygens (including phenoxy) is 1. The average molecular weight is 299 g/mol. The first-order valence-corrected chi connectivity index (χ1v) is 7.19. The SMILES string of the molecule is CC(C)Oc1c(Cl)cc(-c2cccnc2)c2cccnc12. The predicted molar refractivity (Wildman–Crippen MR) is 85.7 cm³/mol. The molecular weight excluding hydrogens is 284 g/mol. The van der Waals surface area contributed by atoms with Gasteiger partial charge in [0.05, 0.1) is 11.1 Å². The van der Waals surface area contributed by atoms with Crippen LogP contribution in [0.3, 0.4) is 0 Å². The summed E-state index contributed by atoms with van der Waals surface area (Å²) in [4.78, 5) is 8.62. The van der Waals surface area contributed by atoms with Crippen LogP contribution in [0.2, 0.25) is 5.02 Å². The van der Waals surface area contributed by atoms with E-state index in [0.29, 0.717) is 10.8 Å². The van der Waals surface area contributed by atoms with Crippen LogP contribution < -0.4 is 4.74 Å². The van der Waals surface area contributed by atoms with Gasteiger partial charge in [-0.1, -0.05) is 23.7 Å². The summed E-state index contributed by atoms with van der Waals surface area (Å²) >= 11 is 6.42. The van der Waals surface area contributed by atoms with Gasteiger partial charge in [-0.15, -0.1) is 0 Å². The van der Waals surface area contributed by atoms with Crippen molar-refractivity contribution in [1.82, 2.24) is 9.97 Å². The molecule has 0 saturated carbocycles. The molecule has 2 aromatic heterocycles. The largest absolute Gasteiger partial charge is 0.487 e. The predicted octanol–water partition coefficient (Wildman–Crippen LogP) is 4.74. The van der Waals surface area contributed by atoms with E-state index in [1.54, 1.807) is 12.4 Å². The molecule has 0 bridgehead atoms. The number of hydrogen-bond donors (Lipinski definition) is 0. The second-order valence-electron chi connectivity index (χ2n) is 5.04. The Kier molecular flexibility index (Phi) is 3.76. The number of aromatic nitrogens is 2. The third kappa shape index (κ3) is 2.69. The fraction of sp³-hybridized carbons (Fsp3) is 0.176. The molecule has 0 N–H and O–H groups in total. The zero-order valence-electron chi connectivity index (χ0n) is 11.9. The Hall–Kier alpha value is -2.13. The molecule has 0 aliphatic rings. The van der Waals surface area contributed by atoms with E-state index in [-0.39, 0.29) is 6.10 Å². The Labute approximate surface area is 128 Å². The molecule has 0 spiro atoms. The molecule has 1 aromatic carbocycles. The molecule has 3 nitrogen and oxygen atoms in total. The molecule has 3 aromatic rings. The first-order chi connectivity index (χ1) is 10.2. The Bertz CT molecular complexity index is 772. The first kappa shape index (κ1) is 13.8. The zero-order valence-corrected chi connectivity index (χ0v) is 12.6. The van der Waals surface area contributed by atoms with Crippen molar-refractivity contribution < 1.29 is 4.74 Å². The average Bonchev–Trinajstić information content (AvgIpc) is 2.50. The Morgan fingerprint density at radius 2 is 1.95 bits per heavy atom. The third-order valence-corrected chi connectivity index (χ3v) is 3.41. The highest BCUT2D eigenvalue weighted by Gasteiger charge is 2.15. The van der Waals surface area contributed by atoms with Gasteiger partial charge >= 0.3 is 0 Å². The lowest BCUT2D eigenvalue weighted by atomic mass is 10.0. The summed E-state index contributed by atoms with van der Waals surface area (Å²) < 4.78 is 5.84. The highest BCUT2D eigenvalue weighted by molar-refractivity contribution is 6.34. The molecule has 0 fully saturated rings. The van der Waals surface area contributed by atoms with Crippen LogP contribution in [0.15, 0.2) is 48.9 Å². The quantitative estimate of drug-likeness (QED) is 0.700. The second kappa shape index (κ2) is 5.70. The Morgan fingerprint density at radius 3 is 2.67 bits per heavy atom. The van der Waals surface area contributed by atoms with Crippen molar-refractivity contribution in [2.75, 3.05) is 0 Å². The van der Waals surface area contributed by atoms with Gasteiger partial charge in [0, 0.05) is 29.5 Å². The number of halogens is 1. The maximum absolute atomic E-state index is 6.42. The summed E-state index contributed by atoms with van der Waals surface area (Å²) in [6, 6.07) is 9.77. The monoisotopic (exact) mass is 298 g/mol. The van der Waals surface area contributed by atoms with E-state index >= 15 is 0 Å². The van der Waals surface area contributed by atoms with E-state index in [4.69, 9.17) is 16.3 Å². The van der Waals surface area contributed by atoms with Gasteiger partial charge in [-0.3, -0.25) is 9.97 Å². The topological polar surface area (TPSA) is 35.0 Å². The van der Waals surface area contributed by atoms with E-state index in [1.807, 2.05) is 50.4 Å². The van der Waals surface area contributed by atoms with Crippen molar-refractivity contribution in [2.24, 2.45) is 0 Å². The summed E-state index contributed by atoms with van der Waals surface area (Å²) in [5.74, 6) is 0.634. The summed E-state index contributed by atoms with van der Waals surface area (Å²) in [5.41, 5.74) is 2.79. The molecule has 0 unspecified atom stereocenters. The van der Waals surface area contributed by atoms with E-state index in [2.05, 4.69) is 9.97 Å².